The lowest BCUT2D eigenvalue weighted by Crippen LogP contribution is -2.50. The molecule has 1 aromatic rings. The Hall–Kier alpha value is -1.99. The number of nitrogens with zero attached hydrogens (tertiary/aromatic N) is 1. The van der Waals surface area contributed by atoms with Gasteiger partial charge in [-0.05, 0) is 37.8 Å². The van der Waals surface area contributed by atoms with Crippen LogP contribution >= 0.6 is 11.6 Å². The number of hydrogen-bond acceptors (Lipinski definition) is 6. The van der Waals surface area contributed by atoms with Crippen molar-refractivity contribution >= 4 is 29.2 Å². The first-order valence-electron chi connectivity index (χ1n) is 10.1. The molecular weight excluding hydrogens is 394 g/mol. The van der Waals surface area contributed by atoms with E-state index in [1.165, 1.54) is 14.2 Å². The van der Waals surface area contributed by atoms with Crippen LogP contribution in [0.3, 0.4) is 0 Å². The van der Waals surface area contributed by atoms with Gasteiger partial charge in [0.2, 0.25) is 0 Å². The van der Waals surface area contributed by atoms with Gasteiger partial charge in [0.25, 0.3) is 5.91 Å². The molecule has 29 heavy (non-hydrogen) atoms. The third-order valence-corrected chi connectivity index (χ3v) is 5.78. The monoisotopic (exact) mass is 425 g/mol. The number of ether oxygens (including phenoxy) is 2. The number of carbonyl (C=O) groups excluding carboxylic acids is 2. The fourth-order valence-electron chi connectivity index (χ4n) is 3.69. The third-order valence-electron chi connectivity index (χ3n) is 5.45. The van der Waals surface area contributed by atoms with Crippen molar-refractivity contribution < 1.29 is 19.1 Å². The highest BCUT2D eigenvalue weighted by Crippen LogP contribution is 2.29. The number of methoxy groups -OCH3 is 2. The summed E-state index contributed by atoms with van der Waals surface area (Å²) in [6.07, 6.45) is 4.31. The summed E-state index contributed by atoms with van der Waals surface area (Å²) in [5.41, 5.74) is 6.57. The summed E-state index contributed by atoms with van der Waals surface area (Å²) in [6.45, 7) is 5.03. The number of likely N-dealkylation sites (tertiary alicyclic amines) is 1. The smallest absolute Gasteiger partial charge is 0.305 e. The number of unbranched alkanes of at least 4 members (excludes halogenated alkanes) is 2. The van der Waals surface area contributed by atoms with Crippen LogP contribution < -0.4 is 15.8 Å². The van der Waals surface area contributed by atoms with E-state index in [2.05, 4.69) is 21.9 Å². The number of rotatable bonds is 9. The second-order valence-electron chi connectivity index (χ2n) is 7.61. The zero-order chi connectivity index (χ0) is 21.4. The van der Waals surface area contributed by atoms with E-state index in [-0.39, 0.29) is 17.9 Å². The molecule has 2 rings (SSSR count). The molecule has 0 saturated carbocycles. The summed E-state index contributed by atoms with van der Waals surface area (Å²) in [4.78, 5) is 26.3. The molecule has 1 aliphatic rings. The van der Waals surface area contributed by atoms with Crippen molar-refractivity contribution in [1.29, 1.82) is 0 Å². The normalized spacial score (nSPS) is 19.6. The van der Waals surface area contributed by atoms with E-state index < -0.39 is 0 Å². The van der Waals surface area contributed by atoms with Gasteiger partial charge in [-0.2, -0.15) is 0 Å². The van der Waals surface area contributed by atoms with E-state index in [0.29, 0.717) is 34.4 Å². The molecule has 1 aliphatic heterocycles. The van der Waals surface area contributed by atoms with Gasteiger partial charge < -0.3 is 25.4 Å². The number of hydrogen-bond donors (Lipinski definition) is 2. The van der Waals surface area contributed by atoms with Crippen molar-refractivity contribution in [2.24, 2.45) is 5.92 Å². The van der Waals surface area contributed by atoms with E-state index in [9.17, 15) is 9.59 Å². The van der Waals surface area contributed by atoms with Crippen molar-refractivity contribution in [3.63, 3.8) is 0 Å². The predicted molar refractivity (Wildman–Crippen MR) is 114 cm³/mol. The van der Waals surface area contributed by atoms with Crippen LogP contribution in [0.15, 0.2) is 12.1 Å². The van der Waals surface area contributed by atoms with Crippen molar-refractivity contribution in [2.45, 2.75) is 45.1 Å². The Morgan fingerprint density at radius 3 is 2.69 bits per heavy atom. The lowest BCUT2D eigenvalue weighted by molar-refractivity contribution is -0.140. The SMILES string of the molecule is COC(=O)CCCCCN1CC[C@@H](NC(=O)c2cc(Cl)c(N)cc2OC)[C@@H](C)C1. The first-order chi connectivity index (χ1) is 13.8. The van der Waals surface area contributed by atoms with Crippen molar-refractivity contribution in [3.8, 4) is 5.75 Å². The molecule has 0 radical (unpaired) electrons. The van der Waals surface area contributed by atoms with Crippen LogP contribution in [0.1, 0.15) is 49.4 Å². The molecular formula is C21H32ClN3O4. The first-order valence-corrected chi connectivity index (χ1v) is 10.5. The van der Waals surface area contributed by atoms with Crippen LogP contribution in [0.5, 0.6) is 5.75 Å². The molecule has 1 aromatic carbocycles. The quantitative estimate of drug-likeness (QED) is 0.358. The number of piperidine rings is 1. The minimum absolute atomic E-state index is 0.0964. The molecule has 0 spiro atoms. The topological polar surface area (TPSA) is 93.9 Å². The van der Waals surface area contributed by atoms with Crippen molar-refractivity contribution in [3.05, 3.63) is 22.7 Å². The highest BCUT2D eigenvalue weighted by atomic mass is 35.5. The summed E-state index contributed by atoms with van der Waals surface area (Å²) >= 11 is 6.08. The number of nitrogens with two attached hydrogens (primary N) is 1. The Balaban J connectivity index is 1.81. The summed E-state index contributed by atoms with van der Waals surface area (Å²) in [5.74, 6) is 0.408. The predicted octanol–water partition coefficient (Wildman–Crippen LogP) is 3.10. The van der Waals surface area contributed by atoms with Crippen LogP contribution in [0.4, 0.5) is 5.69 Å². The number of halogens is 1. The van der Waals surface area contributed by atoms with E-state index >= 15 is 0 Å². The average Bonchev–Trinajstić information content (AvgIpc) is 2.70. The Kier molecular flexibility index (Phi) is 9.04. The van der Waals surface area contributed by atoms with Crippen LogP contribution in [-0.4, -0.2) is 56.7 Å². The average molecular weight is 426 g/mol. The molecule has 0 aliphatic carbocycles. The molecule has 0 aromatic heterocycles. The second-order valence-corrected chi connectivity index (χ2v) is 8.01. The molecule has 1 heterocycles. The molecule has 1 saturated heterocycles. The van der Waals surface area contributed by atoms with Gasteiger partial charge >= 0.3 is 5.97 Å². The largest absolute Gasteiger partial charge is 0.496 e. The molecule has 8 heteroatoms. The zero-order valence-corrected chi connectivity index (χ0v) is 18.3. The molecule has 162 valence electrons. The Morgan fingerprint density at radius 1 is 1.28 bits per heavy atom. The second kappa shape index (κ2) is 11.3. The molecule has 0 unspecified atom stereocenters. The van der Waals surface area contributed by atoms with E-state index in [4.69, 9.17) is 22.1 Å². The fraction of sp³-hybridized carbons (Fsp3) is 0.619. The Morgan fingerprint density at radius 2 is 2.03 bits per heavy atom. The molecule has 3 N–H and O–H groups in total. The zero-order valence-electron chi connectivity index (χ0n) is 17.5. The van der Waals surface area contributed by atoms with Gasteiger partial charge in [-0.15, -0.1) is 0 Å². The van der Waals surface area contributed by atoms with Crippen LogP contribution in [0, 0.1) is 5.92 Å². The van der Waals surface area contributed by atoms with Gasteiger partial charge in [-0.25, -0.2) is 0 Å². The lowest BCUT2D eigenvalue weighted by atomic mass is 9.93. The maximum atomic E-state index is 12.8. The minimum atomic E-state index is -0.197. The maximum Gasteiger partial charge on any atom is 0.305 e. The van der Waals surface area contributed by atoms with Crippen LogP contribution in [0.2, 0.25) is 5.02 Å². The van der Waals surface area contributed by atoms with Gasteiger partial charge in [0.05, 0.1) is 30.5 Å². The number of anilines is 1. The highest BCUT2D eigenvalue weighted by Gasteiger charge is 2.28. The van der Waals surface area contributed by atoms with Crippen LogP contribution in [-0.2, 0) is 9.53 Å². The number of esters is 1. The van der Waals surface area contributed by atoms with Gasteiger partial charge in [0.15, 0.2) is 0 Å². The summed E-state index contributed by atoms with van der Waals surface area (Å²) in [7, 11) is 2.93. The fourth-order valence-corrected chi connectivity index (χ4v) is 3.86. The number of amides is 1. The summed E-state index contributed by atoms with van der Waals surface area (Å²) in [5, 5.41) is 3.46. The first kappa shape index (κ1) is 23.3. The van der Waals surface area contributed by atoms with Crippen molar-refractivity contribution in [1.82, 2.24) is 10.2 Å². The number of benzene rings is 1. The van der Waals surface area contributed by atoms with Crippen molar-refractivity contribution in [2.75, 3.05) is 39.6 Å². The molecule has 1 fully saturated rings. The van der Waals surface area contributed by atoms with E-state index in [0.717, 1.165) is 45.3 Å². The minimum Gasteiger partial charge on any atom is -0.496 e. The maximum absolute atomic E-state index is 12.8. The number of nitrogen functional groups attached to an aromatic ring is 1. The molecule has 1 amide bonds. The Bertz CT molecular complexity index is 713. The third kappa shape index (κ3) is 6.78. The van der Waals surface area contributed by atoms with Gasteiger partial charge in [0.1, 0.15) is 5.75 Å². The van der Waals surface area contributed by atoms with Gasteiger partial charge in [-0.3, -0.25) is 9.59 Å². The number of carbonyl (C=O) groups is 2. The number of nitrogens with one attached hydrogen (secondary N) is 1. The summed E-state index contributed by atoms with van der Waals surface area (Å²) in [6, 6.07) is 3.22. The highest BCUT2D eigenvalue weighted by molar-refractivity contribution is 6.33. The molecule has 2 atom stereocenters. The van der Waals surface area contributed by atoms with E-state index in [1.54, 1.807) is 12.1 Å². The van der Waals surface area contributed by atoms with E-state index in [1.807, 2.05) is 0 Å². The molecule has 0 bridgehead atoms. The standard InChI is InChI=1S/C21H32ClN3O4/c1-14-13-25(9-6-4-5-7-20(26)29-3)10-8-18(14)24-21(27)15-11-16(22)17(23)12-19(15)28-2/h11-12,14,18H,4-10,13,23H2,1-3H3,(H,24,27)/t14-,18+/m0/s1. The van der Waals surface area contributed by atoms with Gasteiger partial charge in [0, 0.05) is 31.6 Å². The summed E-state index contributed by atoms with van der Waals surface area (Å²) < 4.78 is 9.94. The van der Waals surface area contributed by atoms with Crippen LogP contribution in [0.25, 0.3) is 0 Å². The Labute approximate surface area is 177 Å². The lowest BCUT2D eigenvalue weighted by Gasteiger charge is -2.37. The molecule has 7 nitrogen and oxygen atoms in total. The van der Waals surface area contributed by atoms with Gasteiger partial charge in [-0.1, -0.05) is 24.9 Å².